The third kappa shape index (κ3) is 7.56. The number of rotatable bonds is 12. The van der Waals surface area contributed by atoms with Gasteiger partial charge in [0, 0.05) is 12.6 Å². The molecule has 0 aliphatic heterocycles. The van der Waals surface area contributed by atoms with Crippen LogP contribution >= 0.6 is 23.2 Å². The van der Waals surface area contributed by atoms with E-state index in [-0.39, 0.29) is 39.1 Å². The Bertz CT molecular complexity index is 1420. The van der Waals surface area contributed by atoms with Crippen LogP contribution in [0.1, 0.15) is 44.7 Å². The zero-order chi connectivity index (χ0) is 29.4. The van der Waals surface area contributed by atoms with Crippen LogP contribution in [0.4, 0.5) is 5.69 Å². The van der Waals surface area contributed by atoms with Crippen LogP contribution in [0, 0.1) is 6.92 Å². The summed E-state index contributed by atoms with van der Waals surface area (Å²) in [6.45, 7) is 7.17. The molecule has 0 aliphatic carbocycles. The number of carbonyl (C=O) groups excluding carboxylic acids is 2. The highest BCUT2D eigenvalue weighted by Gasteiger charge is 2.34. The van der Waals surface area contributed by atoms with E-state index in [2.05, 4.69) is 5.32 Å². The first kappa shape index (κ1) is 31.5. The van der Waals surface area contributed by atoms with E-state index in [1.54, 1.807) is 30.3 Å². The Hall–Kier alpha value is -3.07. The number of aryl methyl sites for hydroxylation is 1. The zero-order valence-electron chi connectivity index (χ0n) is 23.1. The summed E-state index contributed by atoms with van der Waals surface area (Å²) in [5, 5.41) is 3.12. The summed E-state index contributed by atoms with van der Waals surface area (Å²) in [6.07, 6.45) is 1.06. The molecule has 2 amide bonds. The van der Waals surface area contributed by atoms with Gasteiger partial charge >= 0.3 is 0 Å². The van der Waals surface area contributed by atoms with Crippen molar-refractivity contribution in [2.45, 2.75) is 64.1 Å². The molecule has 3 rings (SSSR count). The van der Waals surface area contributed by atoms with E-state index < -0.39 is 28.5 Å². The number of hydrogen-bond donors (Lipinski definition) is 1. The minimum Gasteiger partial charge on any atom is -0.352 e. The SMILES string of the molecule is CC[C@@H](C)NC(=O)[C@H](CC)N(Cc1ccc(C)cc1)C(=O)CN(c1cccc(Cl)c1Cl)S(=O)(=O)c1ccccc1. The van der Waals surface area contributed by atoms with Crippen LogP contribution in [-0.2, 0) is 26.2 Å². The number of carbonyl (C=O) groups is 2. The van der Waals surface area contributed by atoms with E-state index >= 15 is 0 Å². The van der Waals surface area contributed by atoms with E-state index in [0.717, 1.165) is 21.9 Å². The summed E-state index contributed by atoms with van der Waals surface area (Å²) in [6, 6.07) is 19.1. The van der Waals surface area contributed by atoms with Gasteiger partial charge in [0.2, 0.25) is 11.8 Å². The third-order valence-corrected chi connectivity index (χ3v) is 9.25. The fourth-order valence-corrected chi connectivity index (χ4v) is 6.06. The highest BCUT2D eigenvalue weighted by Crippen LogP contribution is 2.35. The van der Waals surface area contributed by atoms with Gasteiger partial charge in [-0.3, -0.25) is 13.9 Å². The number of halogens is 2. The molecular formula is C30H35Cl2N3O4S. The normalized spacial score (nSPS) is 12.8. The molecular weight excluding hydrogens is 569 g/mol. The van der Waals surface area contributed by atoms with Crippen LogP contribution in [0.25, 0.3) is 0 Å². The zero-order valence-corrected chi connectivity index (χ0v) is 25.4. The first-order chi connectivity index (χ1) is 19.0. The highest BCUT2D eigenvalue weighted by molar-refractivity contribution is 7.92. The van der Waals surface area contributed by atoms with E-state index in [0.29, 0.717) is 6.42 Å². The summed E-state index contributed by atoms with van der Waals surface area (Å²) >= 11 is 12.7. The monoisotopic (exact) mass is 603 g/mol. The van der Waals surface area contributed by atoms with Gasteiger partial charge in [0.15, 0.2) is 0 Å². The third-order valence-electron chi connectivity index (χ3n) is 6.67. The first-order valence-corrected chi connectivity index (χ1v) is 15.4. The minimum atomic E-state index is -4.23. The maximum Gasteiger partial charge on any atom is 0.264 e. The van der Waals surface area contributed by atoms with E-state index in [1.807, 2.05) is 52.0 Å². The summed E-state index contributed by atoms with van der Waals surface area (Å²) in [7, 11) is -4.23. The molecule has 7 nitrogen and oxygen atoms in total. The summed E-state index contributed by atoms with van der Waals surface area (Å²) in [5.74, 6) is -0.849. The highest BCUT2D eigenvalue weighted by atomic mass is 35.5. The number of anilines is 1. The lowest BCUT2D eigenvalue weighted by molar-refractivity contribution is -0.140. The molecule has 1 N–H and O–H groups in total. The van der Waals surface area contributed by atoms with Crippen LogP contribution in [0.2, 0.25) is 10.0 Å². The lowest BCUT2D eigenvalue weighted by Crippen LogP contribution is -2.53. The van der Waals surface area contributed by atoms with Crippen LogP contribution in [0.3, 0.4) is 0 Å². The van der Waals surface area contributed by atoms with Crippen LogP contribution in [-0.4, -0.2) is 43.8 Å². The molecule has 40 heavy (non-hydrogen) atoms. The second kappa shape index (κ2) is 14.0. The van der Waals surface area contributed by atoms with E-state index in [9.17, 15) is 18.0 Å². The van der Waals surface area contributed by atoms with Crippen molar-refractivity contribution in [2.24, 2.45) is 0 Å². The molecule has 2 atom stereocenters. The average molecular weight is 605 g/mol. The molecule has 0 bridgehead atoms. The van der Waals surface area contributed by atoms with Crippen molar-refractivity contribution >= 4 is 50.7 Å². The molecule has 0 aliphatic rings. The quantitative estimate of drug-likeness (QED) is 0.266. The Morgan fingerprint density at radius 2 is 1.55 bits per heavy atom. The Kier molecular flexibility index (Phi) is 11.0. The Labute approximate surface area is 247 Å². The Morgan fingerprint density at radius 3 is 2.15 bits per heavy atom. The van der Waals surface area contributed by atoms with E-state index in [4.69, 9.17) is 23.2 Å². The van der Waals surface area contributed by atoms with Crippen LogP contribution in [0.15, 0.2) is 77.7 Å². The van der Waals surface area contributed by atoms with Gasteiger partial charge in [-0.15, -0.1) is 0 Å². The second-order valence-corrected chi connectivity index (χ2v) is 12.3. The van der Waals surface area contributed by atoms with Crippen molar-refractivity contribution in [3.8, 4) is 0 Å². The average Bonchev–Trinajstić information content (AvgIpc) is 2.94. The first-order valence-electron chi connectivity index (χ1n) is 13.2. The van der Waals surface area contributed by atoms with E-state index in [1.165, 1.54) is 23.1 Å². The Morgan fingerprint density at radius 1 is 0.900 bits per heavy atom. The molecule has 3 aromatic rings. The van der Waals surface area contributed by atoms with Gasteiger partial charge < -0.3 is 10.2 Å². The molecule has 0 aromatic heterocycles. The largest absolute Gasteiger partial charge is 0.352 e. The fraction of sp³-hybridized carbons (Fsp3) is 0.333. The standard InChI is InChI=1S/C30H35Cl2N3O4S/c1-5-22(4)33-30(37)26(6-2)34(19-23-17-15-21(3)16-18-23)28(36)20-35(27-14-10-13-25(31)29(27)32)40(38,39)24-11-8-7-9-12-24/h7-18,22,26H,5-6,19-20H2,1-4H3,(H,33,37)/t22-,26+/m1/s1. The number of hydrogen-bond acceptors (Lipinski definition) is 4. The molecule has 3 aromatic carbocycles. The van der Waals surface area contributed by atoms with Crippen molar-refractivity contribution in [1.29, 1.82) is 0 Å². The van der Waals surface area contributed by atoms with Crippen molar-refractivity contribution in [1.82, 2.24) is 10.2 Å². The van der Waals surface area contributed by atoms with Gasteiger partial charge in [0.1, 0.15) is 12.6 Å². The number of nitrogens with zero attached hydrogens (tertiary/aromatic N) is 2. The lowest BCUT2D eigenvalue weighted by Gasteiger charge is -2.34. The van der Waals surface area contributed by atoms with Crippen molar-refractivity contribution in [3.63, 3.8) is 0 Å². The summed E-state index contributed by atoms with van der Waals surface area (Å²) < 4.78 is 28.7. The topological polar surface area (TPSA) is 86.8 Å². The number of nitrogens with one attached hydrogen (secondary N) is 1. The van der Waals surface area contributed by atoms with Crippen LogP contribution < -0.4 is 9.62 Å². The minimum absolute atomic E-state index is 0.00288. The molecule has 0 spiro atoms. The van der Waals surface area contributed by atoms with Gasteiger partial charge in [-0.1, -0.05) is 91.1 Å². The molecule has 0 heterocycles. The van der Waals surface area contributed by atoms with Crippen molar-refractivity contribution < 1.29 is 18.0 Å². The molecule has 0 unspecified atom stereocenters. The maximum absolute atomic E-state index is 14.1. The number of amides is 2. The summed E-state index contributed by atoms with van der Waals surface area (Å²) in [5.41, 5.74) is 1.93. The van der Waals surface area contributed by atoms with Crippen molar-refractivity contribution in [2.75, 3.05) is 10.8 Å². The smallest absolute Gasteiger partial charge is 0.264 e. The molecule has 0 fully saturated rings. The van der Waals surface area contributed by atoms with Crippen LogP contribution in [0.5, 0.6) is 0 Å². The van der Waals surface area contributed by atoms with Gasteiger partial charge in [0.25, 0.3) is 10.0 Å². The molecule has 214 valence electrons. The molecule has 0 saturated heterocycles. The van der Waals surface area contributed by atoms with Gasteiger partial charge in [-0.05, 0) is 56.5 Å². The fourth-order valence-electron chi connectivity index (χ4n) is 4.17. The van der Waals surface area contributed by atoms with Gasteiger partial charge in [0.05, 0.1) is 20.6 Å². The van der Waals surface area contributed by atoms with Gasteiger partial charge in [-0.2, -0.15) is 0 Å². The maximum atomic E-state index is 14.1. The second-order valence-electron chi connectivity index (χ2n) is 9.65. The molecule has 0 saturated carbocycles. The number of sulfonamides is 1. The lowest BCUT2D eigenvalue weighted by atomic mass is 10.1. The predicted molar refractivity (Wildman–Crippen MR) is 161 cm³/mol. The number of benzene rings is 3. The predicted octanol–water partition coefficient (Wildman–Crippen LogP) is 6.22. The van der Waals surface area contributed by atoms with Gasteiger partial charge in [-0.25, -0.2) is 8.42 Å². The molecule has 10 heteroatoms. The van der Waals surface area contributed by atoms with Crippen molar-refractivity contribution in [3.05, 3.63) is 94.0 Å². The molecule has 0 radical (unpaired) electrons. The Balaban J connectivity index is 2.08. The summed E-state index contributed by atoms with van der Waals surface area (Å²) in [4.78, 5) is 28.9.